The molecule has 1 saturated heterocycles. The fourth-order valence-electron chi connectivity index (χ4n) is 3.64. The number of carbonyl (C=O) groups excluding carboxylic acids is 1. The van der Waals surface area contributed by atoms with Gasteiger partial charge in [-0.25, -0.2) is 4.98 Å². The molecule has 2 heterocycles. The molecule has 3 aromatic rings. The molecule has 0 bridgehead atoms. The van der Waals surface area contributed by atoms with Crippen molar-refractivity contribution in [3.8, 4) is 5.75 Å². The van der Waals surface area contributed by atoms with Crippen LogP contribution in [0.2, 0.25) is 0 Å². The SMILES string of the molecule is COc1cccc2c(Nc3ccc(C(C)C)cc3)cc(C(=O)N3CCSCC3)nc12. The average molecular weight is 422 g/mol. The van der Waals surface area contributed by atoms with Gasteiger partial charge in [0.15, 0.2) is 0 Å². The summed E-state index contributed by atoms with van der Waals surface area (Å²) >= 11 is 1.88. The molecule has 6 heteroatoms. The summed E-state index contributed by atoms with van der Waals surface area (Å²) in [5.74, 6) is 3.05. The van der Waals surface area contributed by atoms with Crippen molar-refractivity contribution < 1.29 is 9.53 Å². The molecule has 1 aliphatic rings. The van der Waals surface area contributed by atoms with E-state index in [2.05, 4.69) is 43.4 Å². The summed E-state index contributed by atoms with van der Waals surface area (Å²) in [6.45, 7) is 5.88. The second-order valence-electron chi connectivity index (χ2n) is 7.72. The van der Waals surface area contributed by atoms with E-state index in [9.17, 15) is 4.79 Å². The highest BCUT2D eigenvalue weighted by atomic mass is 32.2. The zero-order chi connectivity index (χ0) is 21.1. The van der Waals surface area contributed by atoms with Gasteiger partial charge in [-0.3, -0.25) is 4.79 Å². The van der Waals surface area contributed by atoms with E-state index >= 15 is 0 Å². The number of carbonyl (C=O) groups is 1. The number of ether oxygens (including phenoxy) is 1. The van der Waals surface area contributed by atoms with Gasteiger partial charge in [0.2, 0.25) is 0 Å². The lowest BCUT2D eigenvalue weighted by Gasteiger charge is -2.26. The van der Waals surface area contributed by atoms with E-state index < -0.39 is 0 Å². The molecule has 0 saturated carbocycles. The van der Waals surface area contributed by atoms with Gasteiger partial charge in [0.1, 0.15) is 17.0 Å². The Morgan fingerprint density at radius 1 is 1.13 bits per heavy atom. The molecule has 2 aromatic carbocycles. The third kappa shape index (κ3) is 4.24. The van der Waals surface area contributed by atoms with Gasteiger partial charge >= 0.3 is 0 Å². The van der Waals surface area contributed by atoms with E-state index in [1.165, 1.54) is 5.56 Å². The van der Waals surface area contributed by atoms with Gasteiger partial charge in [-0.2, -0.15) is 11.8 Å². The fourth-order valence-corrected chi connectivity index (χ4v) is 4.54. The minimum absolute atomic E-state index is 0.0266. The van der Waals surface area contributed by atoms with Crippen LogP contribution in [0.5, 0.6) is 5.75 Å². The molecule has 0 spiro atoms. The molecule has 1 amide bonds. The summed E-state index contributed by atoms with van der Waals surface area (Å²) in [4.78, 5) is 19.7. The predicted molar refractivity (Wildman–Crippen MR) is 125 cm³/mol. The van der Waals surface area contributed by atoms with Crippen molar-refractivity contribution in [2.45, 2.75) is 19.8 Å². The Bertz CT molecular complexity index is 1040. The van der Waals surface area contributed by atoms with Gasteiger partial charge < -0.3 is 15.0 Å². The maximum absolute atomic E-state index is 13.2. The minimum atomic E-state index is -0.0266. The number of nitrogens with one attached hydrogen (secondary N) is 1. The van der Waals surface area contributed by atoms with Crippen LogP contribution in [0.1, 0.15) is 35.8 Å². The molecule has 0 aliphatic carbocycles. The number of thioether (sulfide) groups is 1. The lowest BCUT2D eigenvalue weighted by Crippen LogP contribution is -2.38. The van der Waals surface area contributed by atoms with E-state index in [4.69, 9.17) is 9.72 Å². The lowest BCUT2D eigenvalue weighted by atomic mass is 10.0. The van der Waals surface area contributed by atoms with Gasteiger partial charge in [0, 0.05) is 35.7 Å². The van der Waals surface area contributed by atoms with E-state index in [0.717, 1.165) is 41.4 Å². The molecule has 1 aromatic heterocycles. The number of methoxy groups -OCH3 is 1. The highest BCUT2D eigenvalue weighted by Gasteiger charge is 2.22. The standard InChI is InChI=1S/C24H27N3O2S/c1-16(2)17-7-9-18(10-8-17)25-20-15-21(24(28)27-11-13-30-14-12-27)26-23-19(20)5-4-6-22(23)29-3/h4-10,15-16H,11-14H2,1-3H3,(H,25,26). The Morgan fingerprint density at radius 3 is 2.53 bits per heavy atom. The molecule has 0 unspecified atom stereocenters. The molecule has 1 aliphatic heterocycles. The number of hydrogen-bond donors (Lipinski definition) is 1. The van der Waals surface area contributed by atoms with Gasteiger partial charge in [-0.1, -0.05) is 38.1 Å². The Labute approximate surface area is 181 Å². The summed E-state index contributed by atoms with van der Waals surface area (Å²) in [6.07, 6.45) is 0. The van der Waals surface area contributed by atoms with Crippen LogP contribution in [0.25, 0.3) is 10.9 Å². The van der Waals surface area contributed by atoms with Gasteiger partial charge in [-0.15, -0.1) is 0 Å². The minimum Gasteiger partial charge on any atom is -0.494 e. The number of pyridine rings is 1. The Hall–Kier alpha value is -2.73. The summed E-state index contributed by atoms with van der Waals surface area (Å²) in [6, 6.07) is 16.1. The maximum atomic E-state index is 13.2. The Morgan fingerprint density at radius 2 is 1.87 bits per heavy atom. The molecule has 5 nitrogen and oxygen atoms in total. The van der Waals surface area contributed by atoms with Crippen LogP contribution in [0.4, 0.5) is 11.4 Å². The number of amides is 1. The molecule has 4 rings (SSSR count). The van der Waals surface area contributed by atoms with Crippen molar-refractivity contribution in [2.24, 2.45) is 0 Å². The van der Waals surface area contributed by atoms with Gasteiger partial charge in [0.25, 0.3) is 5.91 Å². The summed E-state index contributed by atoms with van der Waals surface area (Å²) in [7, 11) is 1.63. The average Bonchev–Trinajstić information content (AvgIpc) is 2.79. The first-order valence-corrected chi connectivity index (χ1v) is 11.4. The first kappa shape index (κ1) is 20.5. The van der Waals surface area contributed by atoms with Crippen LogP contribution >= 0.6 is 11.8 Å². The topological polar surface area (TPSA) is 54.5 Å². The summed E-state index contributed by atoms with van der Waals surface area (Å²) in [5.41, 5.74) is 4.26. The Balaban J connectivity index is 1.75. The second kappa shape index (κ2) is 8.96. The molecule has 156 valence electrons. The lowest BCUT2D eigenvalue weighted by molar-refractivity contribution is 0.0767. The van der Waals surface area contributed by atoms with Crippen LogP contribution in [-0.2, 0) is 0 Å². The molecular formula is C24H27N3O2S. The zero-order valence-electron chi connectivity index (χ0n) is 17.6. The molecule has 0 radical (unpaired) electrons. The quantitative estimate of drug-likeness (QED) is 0.606. The largest absolute Gasteiger partial charge is 0.494 e. The number of rotatable bonds is 5. The predicted octanol–water partition coefficient (Wildman–Crippen LogP) is 5.30. The maximum Gasteiger partial charge on any atom is 0.272 e. The van der Waals surface area contributed by atoms with Crippen LogP contribution < -0.4 is 10.1 Å². The van der Waals surface area contributed by atoms with Crippen LogP contribution in [0.3, 0.4) is 0 Å². The third-order valence-electron chi connectivity index (χ3n) is 5.40. The van der Waals surface area contributed by atoms with Crippen molar-refractivity contribution in [1.82, 2.24) is 9.88 Å². The normalized spacial score (nSPS) is 14.2. The van der Waals surface area contributed by atoms with Crippen LogP contribution in [0.15, 0.2) is 48.5 Å². The van der Waals surface area contributed by atoms with E-state index in [-0.39, 0.29) is 5.91 Å². The summed E-state index contributed by atoms with van der Waals surface area (Å²) < 4.78 is 5.54. The third-order valence-corrected chi connectivity index (χ3v) is 6.34. The van der Waals surface area contributed by atoms with Crippen molar-refractivity contribution >= 4 is 39.9 Å². The number of benzene rings is 2. The fraction of sp³-hybridized carbons (Fsp3) is 0.333. The van der Waals surface area contributed by atoms with Crippen molar-refractivity contribution in [3.63, 3.8) is 0 Å². The molecule has 0 atom stereocenters. The first-order valence-electron chi connectivity index (χ1n) is 10.3. The zero-order valence-corrected chi connectivity index (χ0v) is 18.5. The van der Waals surface area contributed by atoms with Crippen LogP contribution in [-0.4, -0.2) is 47.5 Å². The van der Waals surface area contributed by atoms with E-state index in [1.54, 1.807) is 7.11 Å². The molecule has 1 fully saturated rings. The second-order valence-corrected chi connectivity index (χ2v) is 8.94. The van der Waals surface area contributed by atoms with Crippen molar-refractivity contribution in [3.05, 3.63) is 59.8 Å². The van der Waals surface area contributed by atoms with Crippen molar-refractivity contribution in [2.75, 3.05) is 37.0 Å². The van der Waals surface area contributed by atoms with Gasteiger partial charge in [0.05, 0.1) is 12.8 Å². The van der Waals surface area contributed by atoms with E-state index in [1.807, 2.05) is 40.9 Å². The number of fused-ring (bicyclic) bond motifs is 1. The molecule has 1 N–H and O–H groups in total. The molecular weight excluding hydrogens is 394 g/mol. The van der Waals surface area contributed by atoms with Gasteiger partial charge in [-0.05, 0) is 35.7 Å². The van der Waals surface area contributed by atoms with Crippen molar-refractivity contribution in [1.29, 1.82) is 0 Å². The molecule has 30 heavy (non-hydrogen) atoms. The monoisotopic (exact) mass is 421 g/mol. The van der Waals surface area contributed by atoms with Crippen LogP contribution in [0, 0.1) is 0 Å². The number of hydrogen-bond acceptors (Lipinski definition) is 5. The Kier molecular flexibility index (Phi) is 6.13. The number of anilines is 2. The first-order chi connectivity index (χ1) is 14.6. The van der Waals surface area contributed by atoms with E-state index in [0.29, 0.717) is 22.9 Å². The smallest absolute Gasteiger partial charge is 0.272 e. The highest BCUT2D eigenvalue weighted by molar-refractivity contribution is 7.99. The summed E-state index contributed by atoms with van der Waals surface area (Å²) in [5, 5.41) is 4.42. The number of aromatic nitrogens is 1. The number of nitrogens with zero attached hydrogens (tertiary/aromatic N) is 2. The highest BCUT2D eigenvalue weighted by Crippen LogP contribution is 2.32. The number of para-hydroxylation sites is 1.